The Bertz CT molecular complexity index is 459. The quantitative estimate of drug-likeness (QED) is 0.896. The Morgan fingerprint density at radius 2 is 1.89 bits per heavy atom. The third-order valence-corrected chi connectivity index (χ3v) is 3.96. The molecule has 0 heterocycles. The molecule has 1 fully saturated rings. The van der Waals surface area contributed by atoms with Crippen molar-refractivity contribution in [2.24, 2.45) is 0 Å². The molecule has 1 aliphatic rings. The Morgan fingerprint density at radius 1 is 1.26 bits per heavy atom. The van der Waals surface area contributed by atoms with Gasteiger partial charge in [0.25, 0.3) is 5.91 Å². The van der Waals surface area contributed by atoms with E-state index in [9.17, 15) is 9.18 Å². The van der Waals surface area contributed by atoms with Crippen LogP contribution in [-0.4, -0.2) is 25.0 Å². The summed E-state index contributed by atoms with van der Waals surface area (Å²) in [5.74, 6) is -0.795. The lowest BCUT2D eigenvalue weighted by Gasteiger charge is -2.28. The average molecular weight is 285 g/mol. The fourth-order valence-corrected chi connectivity index (χ4v) is 2.55. The molecule has 0 saturated heterocycles. The third kappa shape index (κ3) is 3.67. The van der Waals surface area contributed by atoms with E-state index in [1.54, 1.807) is 6.07 Å². The largest absolute Gasteiger partial charge is 0.349 e. The molecule has 0 unspecified atom stereocenters. The molecule has 1 aromatic rings. The first-order valence-corrected chi connectivity index (χ1v) is 6.91. The predicted octanol–water partition coefficient (Wildman–Crippen LogP) is 2.74. The summed E-state index contributed by atoms with van der Waals surface area (Å²) in [6.45, 7) is 0. The van der Waals surface area contributed by atoms with Gasteiger partial charge in [0, 0.05) is 17.6 Å². The van der Waals surface area contributed by atoms with Gasteiger partial charge in [0.1, 0.15) is 5.82 Å². The molecule has 2 rings (SSSR count). The third-order valence-electron chi connectivity index (χ3n) is 3.65. The number of nitrogens with one attached hydrogen (secondary N) is 2. The molecule has 1 aromatic carbocycles. The molecular weight excluding hydrogens is 267 g/mol. The maximum Gasteiger partial charge on any atom is 0.251 e. The highest BCUT2D eigenvalue weighted by molar-refractivity contribution is 6.30. The summed E-state index contributed by atoms with van der Waals surface area (Å²) in [4.78, 5) is 12.0. The van der Waals surface area contributed by atoms with Gasteiger partial charge in [-0.3, -0.25) is 4.79 Å². The number of rotatable bonds is 3. The molecule has 0 bridgehead atoms. The van der Waals surface area contributed by atoms with Crippen LogP contribution in [0, 0.1) is 5.82 Å². The first-order valence-electron chi connectivity index (χ1n) is 6.53. The van der Waals surface area contributed by atoms with E-state index in [-0.39, 0.29) is 17.0 Å². The van der Waals surface area contributed by atoms with Crippen molar-refractivity contribution in [2.75, 3.05) is 7.05 Å². The molecule has 5 heteroatoms. The number of carbonyl (C=O) groups excluding carboxylic acids is 1. The molecule has 0 radical (unpaired) electrons. The number of hydrogen-bond acceptors (Lipinski definition) is 2. The number of carbonyl (C=O) groups is 1. The SMILES string of the molecule is CNC1CCC(NC(=O)c2ccc(Cl)c(F)c2)CC1. The monoisotopic (exact) mass is 284 g/mol. The van der Waals surface area contributed by atoms with Gasteiger partial charge in [0.15, 0.2) is 0 Å². The van der Waals surface area contributed by atoms with Crippen LogP contribution in [0.1, 0.15) is 36.0 Å². The standard InChI is InChI=1S/C14H18ClFN2O/c1-17-10-3-5-11(6-4-10)18-14(19)9-2-7-12(15)13(16)8-9/h2,7-8,10-11,17H,3-6H2,1H3,(H,18,19). The molecule has 104 valence electrons. The minimum absolute atomic E-state index is 0.0334. The van der Waals surface area contributed by atoms with Gasteiger partial charge in [0.2, 0.25) is 0 Å². The van der Waals surface area contributed by atoms with Crippen LogP contribution in [0.5, 0.6) is 0 Å². The Kier molecular flexibility index (Phi) is 4.77. The number of halogens is 2. The summed E-state index contributed by atoms with van der Waals surface area (Å²) in [6.07, 6.45) is 4.01. The van der Waals surface area contributed by atoms with Gasteiger partial charge in [-0.15, -0.1) is 0 Å². The van der Waals surface area contributed by atoms with Gasteiger partial charge in [-0.05, 0) is 50.9 Å². The zero-order valence-corrected chi connectivity index (χ0v) is 11.6. The van der Waals surface area contributed by atoms with E-state index in [2.05, 4.69) is 10.6 Å². The minimum Gasteiger partial charge on any atom is -0.349 e. The van der Waals surface area contributed by atoms with Crippen molar-refractivity contribution in [1.82, 2.24) is 10.6 Å². The van der Waals surface area contributed by atoms with Crippen LogP contribution in [0.4, 0.5) is 4.39 Å². The molecule has 1 amide bonds. The van der Waals surface area contributed by atoms with Gasteiger partial charge in [-0.1, -0.05) is 11.6 Å². The Labute approximate surface area is 117 Å². The fraction of sp³-hybridized carbons (Fsp3) is 0.500. The highest BCUT2D eigenvalue weighted by Crippen LogP contribution is 2.20. The van der Waals surface area contributed by atoms with Crippen LogP contribution in [0.25, 0.3) is 0 Å². The van der Waals surface area contributed by atoms with Gasteiger partial charge in [-0.2, -0.15) is 0 Å². The molecule has 0 aromatic heterocycles. The lowest BCUT2D eigenvalue weighted by Crippen LogP contribution is -2.41. The molecule has 0 atom stereocenters. The fourth-order valence-electron chi connectivity index (χ4n) is 2.43. The van der Waals surface area contributed by atoms with E-state index < -0.39 is 5.82 Å². The van der Waals surface area contributed by atoms with E-state index in [0.717, 1.165) is 25.7 Å². The second-order valence-corrected chi connectivity index (χ2v) is 5.35. The molecule has 1 saturated carbocycles. The van der Waals surface area contributed by atoms with Crippen LogP contribution in [0.15, 0.2) is 18.2 Å². The lowest BCUT2D eigenvalue weighted by molar-refractivity contribution is 0.0924. The van der Waals surface area contributed by atoms with Crippen LogP contribution in [0.3, 0.4) is 0 Å². The minimum atomic E-state index is -0.562. The summed E-state index contributed by atoms with van der Waals surface area (Å²) in [5.41, 5.74) is 0.317. The van der Waals surface area contributed by atoms with Crippen LogP contribution in [0.2, 0.25) is 5.02 Å². The summed E-state index contributed by atoms with van der Waals surface area (Å²) in [6, 6.07) is 4.84. The zero-order valence-electron chi connectivity index (χ0n) is 10.9. The Hall–Kier alpha value is -1.13. The smallest absolute Gasteiger partial charge is 0.251 e. The van der Waals surface area contributed by atoms with Crippen molar-refractivity contribution in [1.29, 1.82) is 0 Å². The highest BCUT2D eigenvalue weighted by Gasteiger charge is 2.21. The number of benzene rings is 1. The maximum atomic E-state index is 13.3. The Balaban J connectivity index is 1.92. The molecule has 0 spiro atoms. The summed E-state index contributed by atoms with van der Waals surface area (Å²) in [5, 5.41) is 6.23. The van der Waals surface area contributed by atoms with E-state index in [0.29, 0.717) is 11.6 Å². The molecule has 3 nitrogen and oxygen atoms in total. The van der Waals surface area contributed by atoms with E-state index in [1.807, 2.05) is 7.05 Å². The van der Waals surface area contributed by atoms with Crippen molar-refractivity contribution < 1.29 is 9.18 Å². The second kappa shape index (κ2) is 6.35. The average Bonchev–Trinajstić information content (AvgIpc) is 2.42. The number of hydrogen-bond donors (Lipinski definition) is 2. The second-order valence-electron chi connectivity index (χ2n) is 4.94. The van der Waals surface area contributed by atoms with Crippen molar-refractivity contribution in [2.45, 2.75) is 37.8 Å². The lowest BCUT2D eigenvalue weighted by atomic mass is 9.91. The van der Waals surface area contributed by atoms with Crippen LogP contribution < -0.4 is 10.6 Å². The molecule has 19 heavy (non-hydrogen) atoms. The van der Waals surface area contributed by atoms with Crippen molar-refractivity contribution >= 4 is 17.5 Å². The summed E-state index contributed by atoms with van der Waals surface area (Å²) < 4.78 is 13.3. The molecule has 2 N–H and O–H groups in total. The Morgan fingerprint density at radius 3 is 2.47 bits per heavy atom. The van der Waals surface area contributed by atoms with Crippen molar-refractivity contribution in [3.8, 4) is 0 Å². The summed E-state index contributed by atoms with van der Waals surface area (Å²) in [7, 11) is 1.96. The van der Waals surface area contributed by atoms with Crippen molar-refractivity contribution in [3.05, 3.63) is 34.6 Å². The van der Waals surface area contributed by atoms with Crippen LogP contribution >= 0.6 is 11.6 Å². The van der Waals surface area contributed by atoms with Crippen molar-refractivity contribution in [3.63, 3.8) is 0 Å². The first kappa shape index (κ1) is 14.3. The highest BCUT2D eigenvalue weighted by atomic mass is 35.5. The predicted molar refractivity (Wildman–Crippen MR) is 74.0 cm³/mol. The molecule has 1 aliphatic carbocycles. The van der Waals surface area contributed by atoms with Gasteiger partial charge < -0.3 is 10.6 Å². The molecular formula is C14H18ClFN2O. The first-order chi connectivity index (χ1) is 9.10. The van der Waals surface area contributed by atoms with Gasteiger partial charge >= 0.3 is 0 Å². The van der Waals surface area contributed by atoms with Crippen LogP contribution in [-0.2, 0) is 0 Å². The van der Waals surface area contributed by atoms with E-state index in [1.165, 1.54) is 12.1 Å². The molecule has 0 aliphatic heterocycles. The summed E-state index contributed by atoms with van der Waals surface area (Å²) >= 11 is 5.60. The number of amides is 1. The topological polar surface area (TPSA) is 41.1 Å². The maximum absolute atomic E-state index is 13.3. The zero-order chi connectivity index (χ0) is 13.8. The normalized spacial score (nSPS) is 23.1. The van der Waals surface area contributed by atoms with E-state index in [4.69, 9.17) is 11.6 Å². The van der Waals surface area contributed by atoms with E-state index >= 15 is 0 Å². The van der Waals surface area contributed by atoms with Gasteiger partial charge in [-0.25, -0.2) is 4.39 Å². The van der Waals surface area contributed by atoms with Gasteiger partial charge in [0.05, 0.1) is 5.02 Å².